The minimum absolute atomic E-state index is 0.0660. The van der Waals surface area contributed by atoms with Gasteiger partial charge in [0.05, 0.1) is 11.7 Å². The average Bonchev–Trinajstić information content (AvgIpc) is 2.66. The summed E-state index contributed by atoms with van der Waals surface area (Å²) < 4.78 is 0. The van der Waals surface area contributed by atoms with Gasteiger partial charge in [0.1, 0.15) is 6.04 Å². The van der Waals surface area contributed by atoms with Gasteiger partial charge in [-0.25, -0.2) is 5.01 Å². The average molecular weight is 263 g/mol. The zero-order chi connectivity index (χ0) is 14.0. The van der Waals surface area contributed by atoms with Crippen molar-refractivity contribution in [2.45, 2.75) is 32.4 Å². The molecular weight excluding hydrogens is 246 g/mol. The summed E-state index contributed by atoms with van der Waals surface area (Å²) in [5.41, 5.74) is 0.885. The number of carbonyl (C=O) groups is 1. The maximum atomic E-state index is 11.8. The van der Waals surface area contributed by atoms with Crippen LogP contribution >= 0.6 is 0 Å². The number of hydrazine groups is 1. The Kier molecular flexibility index (Phi) is 3.69. The number of carbonyl (C=O) groups excluding carboxylic acids is 1. The fraction of sp³-hybridized carbons (Fsp3) is 0.462. The van der Waals surface area contributed by atoms with E-state index in [0.29, 0.717) is 6.42 Å². The molecule has 0 bridgehead atoms. The van der Waals surface area contributed by atoms with Crippen LogP contribution in [0.4, 0.5) is 5.69 Å². The molecule has 1 aliphatic heterocycles. The van der Waals surface area contributed by atoms with Gasteiger partial charge < -0.3 is 0 Å². The summed E-state index contributed by atoms with van der Waals surface area (Å²) >= 11 is 0. The molecule has 0 unspecified atom stereocenters. The lowest BCUT2D eigenvalue weighted by Gasteiger charge is -2.33. The minimum Gasteiger partial charge on any atom is -0.280 e. The van der Waals surface area contributed by atoms with E-state index in [9.17, 15) is 14.9 Å². The summed E-state index contributed by atoms with van der Waals surface area (Å²) in [6.45, 7) is 3.21. The van der Waals surface area contributed by atoms with Gasteiger partial charge in [0, 0.05) is 11.8 Å². The molecule has 6 heteroatoms. The molecule has 0 spiro atoms. The smallest absolute Gasteiger partial charge is 0.238 e. The molecule has 1 aromatic carbocycles. The number of nitrogens with zero attached hydrogens (tertiary/aromatic N) is 3. The quantitative estimate of drug-likeness (QED) is 0.615. The van der Waals surface area contributed by atoms with E-state index >= 15 is 0 Å². The van der Waals surface area contributed by atoms with Crippen LogP contribution in [-0.4, -0.2) is 34.5 Å². The van der Waals surface area contributed by atoms with Crippen molar-refractivity contribution in [3.05, 3.63) is 40.4 Å². The topological polar surface area (TPSA) is 66.7 Å². The first-order valence-corrected chi connectivity index (χ1v) is 6.26. The van der Waals surface area contributed by atoms with Gasteiger partial charge in [0.25, 0.3) is 0 Å². The van der Waals surface area contributed by atoms with Crippen LogP contribution in [0.3, 0.4) is 0 Å². The Hall–Kier alpha value is -2.11. The Bertz CT molecular complexity index is 477. The molecule has 2 atom stereocenters. The Morgan fingerprint density at radius 1 is 1.42 bits per heavy atom. The lowest BCUT2D eigenvalue weighted by Crippen LogP contribution is -2.48. The molecule has 102 valence electrons. The molecule has 0 radical (unpaired) electrons. The second-order valence-corrected chi connectivity index (χ2v) is 4.80. The lowest BCUT2D eigenvalue weighted by atomic mass is 10.1. The highest BCUT2D eigenvalue weighted by atomic mass is 16.6. The molecule has 0 saturated carbocycles. The number of hydrogen-bond acceptors (Lipinski definition) is 4. The van der Waals surface area contributed by atoms with Gasteiger partial charge in [-0.3, -0.25) is 19.9 Å². The molecule has 1 saturated heterocycles. The third-order valence-corrected chi connectivity index (χ3v) is 3.31. The van der Waals surface area contributed by atoms with Gasteiger partial charge >= 0.3 is 0 Å². The monoisotopic (exact) mass is 263 g/mol. The number of anilines is 1. The summed E-state index contributed by atoms with van der Waals surface area (Å²) in [7, 11) is 0. The third kappa shape index (κ3) is 2.67. The molecular formula is C13H17N3O3. The lowest BCUT2D eigenvalue weighted by molar-refractivity contribution is -0.485. The van der Waals surface area contributed by atoms with E-state index in [1.807, 2.05) is 42.3 Å². The predicted molar refractivity (Wildman–Crippen MR) is 71.2 cm³/mol. The fourth-order valence-electron chi connectivity index (χ4n) is 2.67. The zero-order valence-corrected chi connectivity index (χ0v) is 11.0. The molecule has 0 aliphatic carbocycles. The van der Waals surface area contributed by atoms with E-state index in [2.05, 4.69) is 0 Å². The van der Waals surface area contributed by atoms with Crippen molar-refractivity contribution < 1.29 is 9.72 Å². The summed E-state index contributed by atoms with van der Waals surface area (Å²) in [6, 6.07) is 9.18. The number of rotatable bonds is 3. The first-order chi connectivity index (χ1) is 9.00. The predicted octanol–water partition coefficient (Wildman–Crippen LogP) is 1.69. The van der Waals surface area contributed by atoms with Crippen LogP contribution in [0.5, 0.6) is 0 Å². The molecule has 1 aromatic rings. The second kappa shape index (κ2) is 5.26. The molecule has 1 fully saturated rings. The molecule has 1 heterocycles. The number of para-hydroxylation sites is 1. The first kappa shape index (κ1) is 13.3. The van der Waals surface area contributed by atoms with Crippen LogP contribution in [0.1, 0.15) is 20.3 Å². The van der Waals surface area contributed by atoms with Gasteiger partial charge in [-0.1, -0.05) is 18.2 Å². The summed E-state index contributed by atoms with van der Waals surface area (Å²) in [5.74, 6) is -0.167. The maximum absolute atomic E-state index is 11.8. The van der Waals surface area contributed by atoms with Crippen molar-refractivity contribution in [1.29, 1.82) is 0 Å². The van der Waals surface area contributed by atoms with Crippen molar-refractivity contribution in [1.82, 2.24) is 5.01 Å². The van der Waals surface area contributed by atoms with E-state index < -0.39 is 0 Å². The zero-order valence-electron chi connectivity index (χ0n) is 11.0. The van der Waals surface area contributed by atoms with Crippen LogP contribution in [0.15, 0.2) is 30.3 Å². The molecule has 19 heavy (non-hydrogen) atoms. The van der Waals surface area contributed by atoms with Gasteiger partial charge in [0.15, 0.2) is 0 Å². The Labute approximate surface area is 111 Å². The molecule has 0 N–H and O–H groups in total. The standard InChI is InChI=1S/C13H17N3O3/c1-10-8-13(9-14(18)19)16(11(2)17)15(10)12-6-4-3-5-7-12/h3-7,10,13H,8-9H2,1-2H3/t10-,13-/m0/s1. The summed E-state index contributed by atoms with van der Waals surface area (Å²) in [6.07, 6.45) is 0.607. The van der Waals surface area contributed by atoms with Crippen molar-refractivity contribution in [2.24, 2.45) is 0 Å². The first-order valence-electron chi connectivity index (χ1n) is 6.26. The highest BCUT2D eigenvalue weighted by molar-refractivity contribution is 5.76. The number of benzene rings is 1. The number of hydrogen-bond donors (Lipinski definition) is 0. The molecule has 6 nitrogen and oxygen atoms in total. The Morgan fingerprint density at radius 2 is 2.05 bits per heavy atom. The largest absolute Gasteiger partial charge is 0.280 e. The highest BCUT2D eigenvalue weighted by Crippen LogP contribution is 2.30. The van der Waals surface area contributed by atoms with E-state index in [1.54, 1.807) is 0 Å². The van der Waals surface area contributed by atoms with Crippen molar-refractivity contribution in [3.8, 4) is 0 Å². The van der Waals surface area contributed by atoms with Crippen molar-refractivity contribution in [3.63, 3.8) is 0 Å². The van der Waals surface area contributed by atoms with E-state index in [-0.39, 0.29) is 29.5 Å². The van der Waals surface area contributed by atoms with Crippen LogP contribution in [0.25, 0.3) is 0 Å². The van der Waals surface area contributed by atoms with Gasteiger partial charge in [-0.2, -0.15) is 0 Å². The van der Waals surface area contributed by atoms with E-state index in [0.717, 1.165) is 5.69 Å². The molecule has 1 aliphatic rings. The maximum Gasteiger partial charge on any atom is 0.238 e. The van der Waals surface area contributed by atoms with Crippen molar-refractivity contribution >= 4 is 11.6 Å². The fourth-order valence-corrected chi connectivity index (χ4v) is 2.67. The molecule has 0 aromatic heterocycles. The second-order valence-electron chi connectivity index (χ2n) is 4.80. The molecule has 1 amide bonds. The van der Waals surface area contributed by atoms with Crippen LogP contribution in [0.2, 0.25) is 0 Å². The van der Waals surface area contributed by atoms with E-state index in [1.165, 1.54) is 11.9 Å². The Morgan fingerprint density at radius 3 is 2.58 bits per heavy atom. The van der Waals surface area contributed by atoms with Crippen LogP contribution in [-0.2, 0) is 4.79 Å². The van der Waals surface area contributed by atoms with Crippen molar-refractivity contribution in [2.75, 3.05) is 11.6 Å². The normalized spacial score (nSPS) is 22.6. The van der Waals surface area contributed by atoms with E-state index in [4.69, 9.17) is 0 Å². The van der Waals surface area contributed by atoms with Gasteiger partial charge in [-0.15, -0.1) is 0 Å². The van der Waals surface area contributed by atoms with Gasteiger partial charge in [0.2, 0.25) is 12.5 Å². The summed E-state index contributed by atoms with van der Waals surface area (Å²) in [5, 5.41) is 14.1. The number of nitro groups is 1. The van der Waals surface area contributed by atoms with Crippen LogP contribution < -0.4 is 5.01 Å². The SMILES string of the molecule is CC(=O)N1[C@H](C[N+](=O)[O-])C[C@H](C)N1c1ccccc1. The summed E-state index contributed by atoms with van der Waals surface area (Å²) in [4.78, 5) is 22.2. The van der Waals surface area contributed by atoms with Crippen LogP contribution in [0, 0.1) is 10.1 Å². The third-order valence-electron chi connectivity index (χ3n) is 3.31. The highest BCUT2D eigenvalue weighted by Gasteiger charge is 2.41. The molecule has 2 rings (SSSR count). The number of amides is 1. The Balaban J connectivity index is 2.31. The van der Waals surface area contributed by atoms with Gasteiger partial charge in [-0.05, 0) is 25.5 Å². The minimum atomic E-state index is -0.372.